The fourth-order valence-corrected chi connectivity index (χ4v) is 3.70. The van der Waals surface area contributed by atoms with E-state index < -0.39 is 0 Å². The summed E-state index contributed by atoms with van der Waals surface area (Å²) >= 11 is 0. The highest BCUT2D eigenvalue weighted by Crippen LogP contribution is 2.32. The topological polar surface area (TPSA) is 15.3 Å². The Morgan fingerprint density at radius 1 is 1.19 bits per heavy atom. The van der Waals surface area contributed by atoms with Crippen LogP contribution >= 0.6 is 0 Å². The van der Waals surface area contributed by atoms with Crippen LogP contribution in [0, 0.1) is 0 Å². The van der Waals surface area contributed by atoms with E-state index >= 15 is 0 Å². The van der Waals surface area contributed by atoms with Crippen molar-refractivity contribution in [3.05, 3.63) is 35.9 Å². The van der Waals surface area contributed by atoms with Crippen molar-refractivity contribution in [1.29, 1.82) is 0 Å². The van der Waals surface area contributed by atoms with Gasteiger partial charge in [0.25, 0.3) is 0 Å². The summed E-state index contributed by atoms with van der Waals surface area (Å²) in [6.45, 7) is 11.6. The van der Waals surface area contributed by atoms with E-state index in [0.29, 0.717) is 17.6 Å². The van der Waals surface area contributed by atoms with Crippen LogP contribution in [0.25, 0.3) is 0 Å². The van der Waals surface area contributed by atoms with Gasteiger partial charge in [-0.25, -0.2) is 0 Å². The molecule has 0 spiro atoms. The highest BCUT2D eigenvalue weighted by atomic mass is 15.3. The van der Waals surface area contributed by atoms with Crippen molar-refractivity contribution in [2.24, 2.45) is 0 Å². The van der Waals surface area contributed by atoms with Crippen LogP contribution in [-0.4, -0.2) is 29.6 Å². The van der Waals surface area contributed by atoms with Gasteiger partial charge in [-0.05, 0) is 31.7 Å². The largest absolute Gasteiger partial charge is 0.308 e. The predicted molar refractivity (Wildman–Crippen MR) is 91.6 cm³/mol. The summed E-state index contributed by atoms with van der Waals surface area (Å²) in [6, 6.07) is 12.2. The quantitative estimate of drug-likeness (QED) is 0.835. The van der Waals surface area contributed by atoms with Crippen molar-refractivity contribution in [1.82, 2.24) is 10.2 Å². The van der Waals surface area contributed by atoms with Crippen molar-refractivity contribution < 1.29 is 0 Å². The highest BCUT2D eigenvalue weighted by Gasteiger charge is 2.38. The molecule has 1 aliphatic rings. The van der Waals surface area contributed by atoms with Gasteiger partial charge >= 0.3 is 0 Å². The average molecular weight is 288 g/mol. The molecule has 2 atom stereocenters. The Labute approximate surface area is 130 Å². The van der Waals surface area contributed by atoms with Gasteiger partial charge in [-0.3, -0.25) is 4.90 Å². The summed E-state index contributed by atoms with van der Waals surface area (Å²) in [5.41, 5.74) is 1.75. The minimum Gasteiger partial charge on any atom is -0.308 e. The monoisotopic (exact) mass is 288 g/mol. The lowest BCUT2D eigenvalue weighted by atomic mass is 9.86. The molecule has 21 heavy (non-hydrogen) atoms. The van der Waals surface area contributed by atoms with E-state index in [2.05, 4.69) is 68.2 Å². The number of benzene rings is 1. The van der Waals surface area contributed by atoms with Crippen LogP contribution < -0.4 is 5.32 Å². The number of nitrogens with one attached hydrogen (secondary N) is 1. The minimum absolute atomic E-state index is 0.299. The second-order valence-corrected chi connectivity index (χ2v) is 6.60. The molecule has 1 saturated heterocycles. The molecule has 2 unspecified atom stereocenters. The summed E-state index contributed by atoms with van der Waals surface area (Å²) in [5.74, 6) is 0. The summed E-state index contributed by atoms with van der Waals surface area (Å²) in [4.78, 5) is 2.75. The maximum Gasteiger partial charge on any atom is 0.0476 e. The standard InChI is InChI=1S/C19H32N2/c1-5-11-16(4)21-15-19(6-2,7-3)20-14-18(21)17-12-9-8-10-13-17/h8-10,12-13,16,18,20H,5-7,11,14-15H2,1-4H3. The fraction of sp³-hybridized carbons (Fsp3) is 0.684. The third-order valence-corrected chi connectivity index (χ3v) is 5.37. The Hall–Kier alpha value is -0.860. The Morgan fingerprint density at radius 2 is 1.86 bits per heavy atom. The third kappa shape index (κ3) is 3.67. The van der Waals surface area contributed by atoms with Crippen molar-refractivity contribution in [3.63, 3.8) is 0 Å². The maximum atomic E-state index is 3.87. The van der Waals surface area contributed by atoms with E-state index in [1.165, 1.54) is 37.8 Å². The van der Waals surface area contributed by atoms with Crippen LogP contribution in [0.15, 0.2) is 30.3 Å². The van der Waals surface area contributed by atoms with Crippen LogP contribution in [0.4, 0.5) is 0 Å². The molecule has 0 amide bonds. The van der Waals surface area contributed by atoms with Crippen LogP contribution in [0.1, 0.15) is 65.0 Å². The van der Waals surface area contributed by atoms with Gasteiger partial charge in [0, 0.05) is 30.7 Å². The molecule has 1 fully saturated rings. The molecule has 118 valence electrons. The number of hydrogen-bond donors (Lipinski definition) is 1. The first-order valence-corrected chi connectivity index (χ1v) is 8.71. The van der Waals surface area contributed by atoms with Gasteiger partial charge in [0.2, 0.25) is 0 Å². The molecule has 1 N–H and O–H groups in total. The Morgan fingerprint density at radius 3 is 2.43 bits per heavy atom. The third-order valence-electron chi connectivity index (χ3n) is 5.37. The second-order valence-electron chi connectivity index (χ2n) is 6.60. The number of nitrogens with zero attached hydrogens (tertiary/aromatic N) is 1. The Bertz CT molecular complexity index is 411. The lowest BCUT2D eigenvalue weighted by Crippen LogP contribution is -2.62. The molecule has 1 aliphatic heterocycles. The van der Waals surface area contributed by atoms with Gasteiger partial charge in [-0.1, -0.05) is 57.5 Å². The van der Waals surface area contributed by atoms with Crippen LogP contribution in [0.3, 0.4) is 0 Å². The summed E-state index contributed by atoms with van der Waals surface area (Å²) in [7, 11) is 0. The molecule has 2 heteroatoms. The molecule has 0 aliphatic carbocycles. The zero-order chi connectivity index (χ0) is 15.3. The summed E-state index contributed by atoms with van der Waals surface area (Å²) < 4.78 is 0. The Kier molecular flexibility index (Phi) is 5.83. The molecular weight excluding hydrogens is 256 g/mol. The molecule has 2 nitrogen and oxygen atoms in total. The lowest BCUT2D eigenvalue weighted by Gasteiger charge is -2.50. The fourth-order valence-electron chi connectivity index (χ4n) is 3.70. The molecule has 0 aromatic heterocycles. The zero-order valence-electron chi connectivity index (χ0n) is 14.2. The minimum atomic E-state index is 0.299. The molecule has 0 bridgehead atoms. The molecule has 2 rings (SSSR count). The van der Waals surface area contributed by atoms with Gasteiger partial charge < -0.3 is 5.32 Å². The van der Waals surface area contributed by atoms with E-state index in [-0.39, 0.29) is 0 Å². The first-order chi connectivity index (χ1) is 10.2. The highest BCUT2D eigenvalue weighted by molar-refractivity contribution is 5.21. The average Bonchev–Trinajstić information content (AvgIpc) is 2.55. The van der Waals surface area contributed by atoms with E-state index in [9.17, 15) is 0 Å². The smallest absolute Gasteiger partial charge is 0.0476 e. The molecule has 0 radical (unpaired) electrons. The molecule has 1 heterocycles. The summed E-state index contributed by atoms with van der Waals surface area (Å²) in [5, 5.41) is 3.87. The van der Waals surface area contributed by atoms with Gasteiger partial charge in [0.05, 0.1) is 0 Å². The van der Waals surface area contributed by atoms with Crippen LogP contribution in [0.2, 0.25) is 0 Å². The van der Waals surface area contributed by atoms with Gasteiger partial charge in [-0.2, -0.15) is 0 Å². The van der Waals surface area contributed by atoms with Gasteiger partial charge in [-0.15, -0.1) is 0 Å². The molecular formula is C19H32N2. The van der Waals surface area contributed by atoms with E-state index in [0.717, 1.165) is 6.54 Å². The number of piperazine rings is 1. The first kappa shape index (κ1) is 16.5. The van der Waals surface area contributed by atoms with Crippen molar-refractivity contribution >= 4 is 0 Å². The molecule has 0 saturated carbocycles. The van der Waals surface area contributed by atoms with Crippen molar-refractivity contribution in [3.8, 4) is 0 Å². The SMILES string of the molecule is CCCC(C)N1CC(CC)(CC)NCC1c1ccccc1. The van der Waals surface area contributed by atoms with E-state index in [1.54, 1.807) is 0 Å². The van der Waals surface area contributed by atoms with E-state index in [1.807, 2.05) is 0 Å². The zero-order valence-corrected chi connectivity index (χ0v) is 14.2. The molecule has 1 aromatic carbocycles. The van der Waals surface area contributed by atoms with Gasteiger partial charge in [0.1, 0.15) is 0 Å². The normalized spacial score (nSPS) is 23.9. The molecule has 1 aromatic rings. The summed E-state index contributed by atoms with van der Waals surface area (Å²) in [6.07, 6.45) is 4.96. The van der Waals surface area contributed by atoms with Crippen molar-refractivity contribution in [2.45, 2.75) is 71.0 Å². The second kappa shape index (κ2) is 7.42. The Balaban J connectivity index is 2.24. The lowest BCUT2D eigenvalue weighted by molar-refractivity contribution is 0.0384. The maximum absolute atomic E-state index is 3.87. The van der Waals surface area contributed by atoms with Crippen molar-refractivity contribution in [2.75, 3.05) is 13.1 Å². The van der Waals surface area contributed by atoms with E-state index in [4.69, 9.17) is 0 Å². The first-order valence-electron chi connectivity index (χ1n) is 8.71. The number of hydrogen-bond acceptors (Lipinski definition) is 2. The predicted octanol–water partition coefficient (Wildman–Crippen LogP) is 4.38. The van der Waals surface area contributed by atoms with Gasteiger partial charge in [0.15, 0.2) is 0 Å². The number of rotatable bonds is 6. The van der Waals surface area contributed by atoms with Crippen LogP contribution in [0.5, 0.6) is 0 Å². The van der Waals surface area contributed by atoms with Crippen LogP contribution in [-0.2, 0) is 0 Å².